The Labute approximate surface area is 104 Å². The van der Waals surface area contributed by atoms with E-state index in [1.54, 1.807) is 12.2 Å². The Morgan fingerprint density at radius 1 is 1.47 bits per heavy atom. The maximum absolute atomic E-state index is 12.0. The number of amides is 1. The number of halogens is 1. The first-order valence-corrected chi connectivity index (χ1v) is 5.30. The second kappa shape index (κ2) is 5.54. The van der Waals surface area contributed by atoms with E-state index in [-0.39, 0.29) is 23.9 Å². The maximum Gasteiger partial charge on any atom is 0.361 e. The minimum Gasteiger partial charge on any atom is -0.370 e. The van der Waals surface area contributed by atoms with Crippen LogP contribution in [0.15, 0.2) is 34.6 Å². The fourth-order valence-corrected chi connectivity index (χ4v) is 1.37. The van der Waals surface area contributed by atoms with E-state index in [1.165, 1.54) is 11.8 Å². The summed E-state index contributed by atoms with van der Waals surface area (Å²) < 4.78 is 5.62. The standard InChI is InChI=1S/C11H13ClN2O3/c1-4-6-13(7-5-2)11(16)14-10(15)9(12)8(3)17-14/h4-5H,1-2,6-7H2,3H3. The molecule has 0 aliphatic rings. The molecule has 0 bridgehead atoms. The summed E-state index contributed by atoms with van der Waals surface area (Å²) in [6, 6.07) is -0.593. The fourth-order valence-electron chi connectivity index (χ4n) is 1.25. The van der Waals surface area contributed by atoms with E-state index in [9.17, 15) is 9.59 Å². The van der Waals surface area contributed by atoms with Crippen LogP contribution in [0.4, 0.5) is 4.79 Å². The molecule has 0 radical (unpaired) electrons. The molecular weight excluding hydrogens is 244 g/mol. The molecule has 0 aromatic carbocycles. The largest absolute Gasteiger partial charge is 0.370 e. The topological polar surface area (TPSA) is 55.5 Å². The van der Waals surface area contributed by atoms with Crippen molar-refractivity contribution in [3.63, 3.8) is 0 Å². The number of aryl methyl sites for hydroxylation is 1. The van der Waals surface area contributed by atoms with Gasteiger partial charge in [-0.1, -0.05) is 28.5 Å². The molecule has 0 atom stereocenters. The molecule has 1 aromatic heterocycles. The van der Waals surface area contributed by atoms with Crippen molar-refractivity contribution < 1.29 is 9.32 Å². The third kappa shape index (κ3) is 2.68. The SMILES string of the molecule is C=CCN(CC=C)C(=O)n1oc(C)c(Cl)c1=O. The molecule has 6 heteroatoms. The summed E-state index contributed by atoms with van der Waals surface area (Å²) in [5, 5.41) is -0.0875. The second-order valence-electron chi connectivity index (χ2n) is 3.33. The third-order valence-electron chi connectivity index (χ3n) is 2.05. The van der Waals surface area contributed by atoms with Crippen LogP contribution in [0.25, 0.3) is 0 Å². The molecule has 5 nitrogen and oxygen atoms in total. The Morgan fingerprint density at radius 2 is 2.00 bits per heavy atom. The van der Waals surface area contributed by atoms with E-state index in [1.807, 2.05) is 0 Å². The van der Waals surface area contributed by atoms with Gasteiger partial charge in [0, 0.05) is 13.1 Å². The predicted molar refractivity (Wildman–Crippen MR) is 65.5 cm³/mol. The summed E-state index contributed by atoms with van der Waals surface area (Å²) >= 11 is 5.66. The van der Waals surface area contributed by atoms with Crippen LogP contribution in [0.1, 0.15) is 5.76 Å². The Balaban J connectivity index is 3.08. The Hall–Kier alpha value is -1.75. The summed E-state index contributed by atoms with van der Waals surface area (Å²) in [5.41, 5.74) is -0.660. The van der Waals surface area contributed by atoms with Gasteiger partial charge in [0.2, 0.25) is 0 Å². The first-order valence-electron chi connectivity index (χ1n) is 4.92. The number of rotatable bonds is 4. The van der Waals surface area contributed by atoms with Crippen LogP contribution < -0.4 is 5.56 Å². The van der Waals surface area contributed by atoms with Gasteiger partial charge < -0.3 is 9.42 Å². The summed E-state index contributed by atoms with van der Waals surface area (Å²) in [4.78, 5) is 24.9. The Kier molecular flexibility index (Phi) is 4.34. The molecule has 0 N–H and O–H groups in total. The van der Waals surface area contributed by atoms with Gasteiger partial charge in [0.1, 0.15) is 5.02 Å². The molecule has 0 fully saturated rings. The van der Waals surface area contributed by atoms with Crippen LogP contribution in [0.5, 0.6) is 0 Å². The zero-order valence-electron chi connectivity index (χ0n) is 9.48. The van der Waals surface area contributed by atoms with Crippen molar-refractivity contribution in [2.24, 2.45) is 0 Å². The van der Waals surface area contributed by atoms with Gasteiger partial charge in [0.25, 0.3) is 0 Å². The molecule has 1 aromatic rings. The Morgan fingerprint density at radius 3 is 2.35 bits per heavy atom. The molecule has 0 saturated carbocycles. The van der Waals surface area contributed by atoms with Gasteiger partial charge in [0.05, 0.1) is 0 Å². The van der Waals surface area contributed by atoms with E-state index in [0.29, 0.717) is 4.74 Å². The zero-order chi connectivity index (χ0) is 13.0. The molecule has 0 aliphatic carbocycles. The molecule has 0 spiro atoms. The van der Waals surface area contributed by atoms with E-state index in [2.05, 4.69) is 13.2 Å². The number of nitrogens with zero attached hydrogens (tertiary/aromatic N) is 2. The highest BCUT2D eigenvalue weighted by atomic mass is 35.5. The highest BCUT2D eigenvalue weighted by Gasteiger charge is 2.21. The van der Waals surface area contributed by atoms with Crippen LogP contribution in [-0.4, -0.2) is 28.8 Å². The molecule has 1 heterocycles. The minimum atomic E-state index is -0.660. The quantitative estimate of drug-likeness (QED) is 0.775. The lowest BCUT2D eigenvalue weighted by Crippen LogP contribution is -2.38. The van der Waals surface area contributed by atoms with Gasteiger partial charge in [0.15, 0.2) is 5.76 Å². The fraction of sp³-hybridized carbons (Fsp3) is 0.273. The summed E-state index contributed by atoms with van der Waals surface area (Å²) in [7, 11) is 0. The average Bonchev–Trinajstić information content (AvgIpc) is 2.56. The normalized spacial score (nSPS) is 10.0. The van der Waals surface area contributed by atoms with Crippen molar-refractivity contribution in [2.75, 3.05) is 13.1 Å². The number of carbonyl (C=O) groups is 1. The van der Waals surface area contributed by atoms with Crippen LogP contribution >= 0.6 is 11.6 Å². The molecule has 1 amide bonds. The number of hydrogen-bond acceptors (Lipinski definition) is 3. The van der Waals surface area contributed by atoms with Crippen LogP contribution in [0.3, 0.4) is 0 Å². The van der Waals surface area contributed by atoms with Crippen LogP contribution in [0.2, 0.25) is 5.02 Å². The van der Waals surface area contributed by atoms with Gasteiger partial charge in [-0.2, -0.15) is 0 Å². The monoisotopic (exact) mass is 256 g/mol. The summed E-state index contributed by atoms with van der Waals surface area (Å²) in [5.74, 6) is 0.210. The third-order valence-corrected chi connectivity index (χ3v) is 2.48. The van der Waals surface area contributed by atoms with Crippen molar-refractivity contribution in [3.05, 3.63) is 46.4 Å². The first kappa shape index (κ1) is 13.3. The Bertz CT molecular complexity index is 491. The van der Waals surface area contributed by atoms with Crippen molar-refractivity contribution in [3.8, 4) is 0 Å². The van der Waals surface area contributed by atoms with Gasteiger partial charge in [-0.15, -0.1) is 13.2 Å². The highest BCUT2D eigenvalue weighted by Crippen LogP contribution is 2.10. The molecule has 92 valence electrons. The van der Waals surface area contributed by atoms with Gasteiger partial charge >= 0.3 is 11.6 Å². The predicted octanol–water partition coefficient (Wildman–Crippen LogP) is 2.05. The van der Waals surface area contributed by atoms with Crippen molar-refractivity contribution in [1.29, 1.82) is 0 Å². The number of carbonyl (C=O) groups excluding carboxylic acids is 1. The maximum atomic E-state index is 12.0. The van der Waals surface area contributed by atoms with E-state index in [0.717, 1.165) is 0 Å². The van der Waals surface area contributed by atoms with E-state index in [4.69, 9.17) is 16.1 Å². The summed E-state index contributed by atoms with van der Waals surface area (Å²) in [6.07, 6.45) is 3.09. The van der Waals surface area contributed by atoms with Gasteiger partial charge in [-0.05, 0) is 6.92 Å². The summed E-state index contributed by atoms with van der Waals surface area (Å²) in [6.45, 7) is 9.15. The molecule has 0 unspecified atom stereocenters. The van der Waals surface area contributed by atoms with Crippen LogP contribution in [-0.2, 0) is 0 Å². The van der Waals surface area contributed by atoms with Crippen molar-refractivity contribution in [2.45, 2.75) is 6.92 Å². The van der Waals surface area contributed by atoms with Gasteiger partial charge in [-0.3, -0.25) is 4.79 Å². The minimum absolute atomic E-state index is 0.0875. The number of aromatic nitrogens is 1. The lowest BCUT2D eigenvalue weighted by molar-refractivity contribution is 0.174. The average molecular weight is 257 g/mol. The first-order chi connectivity index (χ1) is 8.02. The molecule has 17 heavy (non-hydrogen) atoms. The molecular formula is C11H13ClN2O3. The van der Waals surface area contributed by atoms with E-state index < -0.39 is 11.6 Å². The second-order valence-corrected chi connectivity index (χ2v) is 3.70. The molecule has 1 rings (SSSR count). The van der Waals surface area contributed by atoms with Gasteiger partial charge in [-0.25, -0.2) is 4.79 Å². The zero-order valence-corrected chi connectivity index (χ0v) is 10.2. The lowest BCUT2D eigenvalue weighted by Gasteiger charge is -2.17. The number of hydrogen-bond donors (Lipinski definition) is 0. The smallest absolute Gasteiger partial charge is 0.361 e. The lowest BCUT2D eigenvalue weighted by atomic mass is 10.4. The molecule has 0 saturated heterocycles. The van der Waals surface area contributed by atoms with Crippen molar-refractivity contribution >= 4 is 17.6 Å². The highest BCUT2D eigenvalue weighted by molar-refractivity contribution is 6.31. The van der Waals surface area contributed by atoms with E-state index >= 15 is 0 Å². The molecule has 0 aliphatic heterocycles. The van der Waals surface area contributed by atoms with Crippen molar-refractivity contribution in [1.82, 2.24) is 9.64 Å². The van der Waals surface area contributed by atoms with Crippen LogP contribution in [0, 0.1) is 6.92 Å².